The minimum atomic E-state index is -0.293. The second kappa shape index (κ2) is 7.49. The third-order valence-corrected chi connectivity index (χ3v) is 4.67. The predicted octanol–water partition coefficient (Wildman–Crippen LogP) is 4.49. The summed E-state index contributed by atoms with van der Waals surface area (Å²) in [6.45, 7) is 2.01. The molecule has 1 aromatic carbocycles. The van der Waals surface area contributed by atoms with Crippen LogP contribution in [0, 0.1) is 4.77 Å². The number of carbonyl (C=O) groups excluding carboxylic acids is 1. The number of nitrogens with zero attached hydrogens (tertiary/aromatic N) is 2. The van der Waals surface area contributed by atoms with Gasteiger partial charge in [-0.25, -0.2) is 5.06 Å². The summed E-state index contributed by atoms with van der Waals surface area (Å²) in [7, 11) is 2.97. The number of hydrogen-bond donors (Lipinski definition) is 1. The van der Waals surface area contributed by atoms with Crippen molar-refractivity contribution in [2.24, 2.45) is 0 Å². The third kappa shape index (κ3) is 3.61. The zero-order valence-electron chi connectivity index (χ0n) is 13.0. The van der Waals surface area contributed by atoms with Crippen LogP contribution in [0.25, 0.3) is 0 Å². The number of amides is 1. The maximum atomic E-state index is 12.4. The van der Waals surface area contributed by atoms with Crippen molar-refractivity contribution in [3.05, 3.63) is 50.5 Å². The summed E-state index contributed by atoms with van der Waals surface area (Å²) in [6.07, 6.45) is 2.31. The van der Waals surface area contributed by atoms with E-state index in [9.17, 15) is 4.79 Å². The van der Waals surface area contributed by atoms with Gasteiger partial charge in [0.2, 0.25) is 0 Å². The fourth-order valence-electron chi connectivity index (χ4n) is 2.38. The van der Waals surface area contributed by atoms with Crippen molar-refractivity contribution < 1.29 is 9.63 Å². The molecule has 2 rings (SSSR count). The number of carbonyl (C=O) groups is 1. The van der Waals surface area contributed by atoms with E-state index in [-0.39, 0.29) is 11.9 Å². The highest BCUT2D eigenvalue weighted by Gasteiger charge is 2.23. The van der Waals surface area contributed by atoms with Crippen LogP contribution in [0.3, 0.4) is 0 Å². The topological polar surface area (TPSA) is 50.3 Å². The zero-order chi connectivity index (χ0) is 17.1. The van der Waals surface area contributed by atoms with Crippen LogP contribution >= 0.6 is 35.4 Å². The second-order valence-corrected chi connectivity index (χ2v) is 6.13. The largest absolute Gasteiger partial charge is 0.337 e. The van der Waals surface area contributed by atoms with Crippen LogP contribution in [-0.4, -0.2) is 34.7 Å². The molecular weight excluding hydrogens is 357 g/mol. The minimum absolute atomic E-state index is 0.146. The molecule has 1 heterocycles. The number of hydrogen-bond acceptors (Lipinski definition) is 3. The third-order valence-electron chi connectivity index (χ3n) is 3.62. The molecule has 0 saturated heterocycles. The molecule has 0 radical (unpaired) electrons. The van der Waals surface area contributed by atoms with Crippen LogP contribution in [0.1, 0.15) is 35.4 Å². The van der Waals surface area contributed by atoms with E-state index in [4.69, 9.17) is 40.3 Å². The summed E-state index contributed by atoms with van der Waals surface area (Å²) in [4.78, 5) is 20.3. The lowest BCUT2D eigenvalue weighted by Gasteiger charge is -2.22. The van der Waals surface area contributed by atoms with Gasteiger partial charge in [-0.15, -0.1) is 0 Å². The maximum absolute atomic E-state index is 12.4. The quantitative estimate of drug-likeness (QED) is 0.620. The molecule has 124 valence electrons. The minimum Gasteiger partial charge on any atom is -0.337 e. The van der Waals surface area contributed by atoms with E-state index < -0.39 is 0 Å². The lowest BCUT2D eigenvalue weighted by Crippen LogP contribution is -2.29. The predicted molar refractivity (Wildman–Crippen MR) is 93.6 cm³/mol. The van der Waals surface area contributed by atoms with Crippen molar-refractivity contribution in [3.8, 4) is 0 Å². The smallest absolute Gasteiger partial charge is 0.295 e. The second-order valence-electron chi connectivity index (χ2n) is 4.93. The Bertz CT molecular complexity index is 772. The Morgan fingerprint density at radius 1 is 1.43 bits per heavy atom. The normalized spacial score (nSPS) is 12.2. The summed E-state index contributed by atoms with van der Waals surface area (Å²) in [5.41, 5.74) is 1.34. The number of halogens is 2. The molecule has 0 bridgehead atoms. The van der Waals surface area contributed by atoms with Gasteiger partial charge in [0.1, 0.15) is 5.69 Å². The van der Waals surface area contributed by atoms with E-state index in [0.717, 1.165) is 17.0 Å². The Hall–Kier alpha value is -1.34. The van der Waals surface area contributed by atoms with Gasteiger partial charge < -0.3 is 9.55 Å². The van der Waals surface area contributed by atoms with Gasteiger partial charge in [-0.1, -0.05) is 36.2 Å². The lowest BCUT2D eigenvalue weighted by atomic mass is 10.0. The summed E-state index contributed by atoms with van der Waals surface area (Å²) in [6, 6.07) is 5.26. The molecule has 1 N–H and O–H groups in total. The van der Waals surface area contributed by atoms with E-state index in [2.05, 4.69) is 4.98 Å². The molecule has 0 fully saturated rings. The number of imidazole rings is 1. The number of aromatic nitrogens is 2. The van der Waals surface area contributed by atoms with Crippen LogP contribution < -0.4 is 0 Å². The van der Waals surface area contributed by atoms with E-state index in [0.29, 0.717) is 20.5 Å². The molecular formula is C15H17Cl2N3O2S. The number of hydroxylamine groups is 2. The highest BCUT2D eigenvalue weighted by atomic mass is 35.5. The number of rotatable bonds is 5. The van der Waals surface area contributed by atoms with E-state index in [1.165, 1.54) is 7.11 Å². The molecule has 2 aromatic rings. The number of benzene rings is 1. The summed E-state index contributed by atoms with van der Waals surface area (Å²) < 4.78 is 2.23. The van der Waals surface area contributed by atoms with Gasteiger partial charge in [0.05, 0.1) is 23.2 Å². The molecule has 1 unspecified atom stereocenters. The molecule has 1 aromatic heterocycles. The van der Waals surface area contributed by atoms with Gasteiger partial charge in [-0.2, -0.15) is 0 Å². The molecule has 0 aliphatic rings. The lowest BCUT2D eigenvalue weighted by molar-refractivity contribution is -0.0763. The molecule has 1 amide bonds. The molecule has 23 heavy (non-hydrogen) atoms. The Kier molecular flexibility index (Phi) is 5.86. The van der Waals surface area contributed by atoms with Gasteiger partial charge in [-0.05, 0) is 36.3 Å². The van der Waals surface area contributed by atoms with Crippen molar-refractivity contribution >= 4 is 41.3 Å². The van der Waals surface area contributed by atoms with Crippen molar-refractivity contribution in [2.45, 2.75) is 19.4 Å². The first kappa shape index (κ1) is 18.0. The molecule has 0 aliphatic heterocycles. The highest BCUT2D eigenvalue weighted by molar-refractivity contribution is 7.71. The van der Waals surface area contributed by atoms with E-state index >= 15 is 0 Å². The first-order valence-corrected chi connectivity index (χ1v) is 8.14. The highest BCUT2D eigenvalue weighted by Crippen LogP contribution is 2.30. The standard InChI is InChI=1S/C15H17Cl2N3O2S/c1-4-12(9-5-6-10(16)11(17)7-9)20-13(8-18-15(20)23)14(21)19(2)22-3/h5-8,12H,4H2,1-3H3,(H,18,23). The zero-order valence-corrected chi connectivity index (χ0v) is 15.3. The van der Waals surface area contributed by atoms with Crippen molar-refractivity contribution in [3.63, 3.8) is 0 Å². The fourth-order valence-corrected chi connectivity index (χ4v) is 2.98. The average molecular weight is 374 g/mol. The van der Waals surface area contributed by atoms with Gasteiger partial charge in [0.25, 0.3) is 5.91 Å². The molecule has 1 atom stereocenters. The number of aromatic amines is 1. The Morgan fingerprint density at radius 2 is 2.13 bits per heavy atom. The van der Waals surface area contributed by atoms with Gasteiger partial charge >= 0.3 is 0 Å². The first-order valence-electron chi connectivity index (χ1n) is 6.97. The monoisotopic (exact) mass is 373 g/mol. The SMILES string of the molecule is CCC(c1ccc(Cl)c(Cl)c1)n1c(C(=O)N(C)OC)c[nH]c1=S. The maximum Gasteiger partial charge on any atom is 0.295 e. The first-order chi connectivity index (χ1) is 10.9. The number of H-pyrrole nitrogens is 1. The van der Waals surface area contributed by atoms with Crippen LogP contribution in [0.15, 0.2) is 24.4 Å². The molecule has 8 heteroatoms. The van der Waals surface area contributed by atoms with Gasteiger partial charge in [0, 0.05) is 13.2 Å². The molecule has 0 spiro atoms. The van der Waals surface area contributed by atoms with Crippen LogP contribution in [0.2, 0.25) is 10.0 Å². The Morgan fingerprint density at radius 3 is 2.70 bits per heavy atom. The number of nitrogens with one attached hydrogen (secondary N) is 1. The van der Waals surface area contributed by atoms with Crippen LogP contribution in [0.5, 0.6) is 0 Å². The van der Waals surface area contributed by atoms with E-state index in [1.807, 2.05) is 13.0 Å². The fraction of sp³-hybridized carbons (Fsp3) is 0.333. The van der Waals surface area contributed by atoms with Gasteiger partial charge in [0.15, 0.2) is 4.77 Å². The molecule has 5 nitrogen and oxygen atoms in total. The van der Waals surface area contributed by atoms with Crippen molar-refractivity contribution in [1.29, 1.82) is 0 Å². The average Bonchev–Trinajstić information content (AvgIpc) is 2.92. The Labute approximate surface area is 149 Å². The summed E-state index contributed by atoms with van der Waals surface area (Å²) in [5, 5.41) is 2.10. The molecule has 0 aliphatic carbocycles. The van der Waals surface area contributed by atoms with E-state index in [1.54, 1.807) is 29.9 Å². The van der Waals surface area contributed by atoms with Crippen molar-refractivity contribution in [1.82, 2.24) is 14.6 Å². The summed E-state index contributed by atoms with van der Waals surface area (Å²) in [5.74, 6) is -0.293. The van der Waals surface area contributed by atoms with Gasteiger partial charge in [-0.3, -0.25) is 9.63 Å². The van der Waals surface area contributed by atoms with Crippen LogP contribution in [-0.2, 0) is 4.84 Å². The summed E-state index contributed by atoms with van der Waals surface area (Å²) >= 11 is 17.5. The molecule has 0 saturated carbocycles. The Balaban J connectivity index is 2.54. The van der Waals surface area contributed by atoms with Crippen LogP contribution in [0.4, 0.5) is 0 Å². The van der Waals surface area contributed by atoms with Crippen molar-refractivity contribution in [2.75, 3.05) is 14.2 Å².